The van der Waals surface area contributed by atoms with Gasteiger partial charge in [0, 0.05) is 17.0 Å². The molecular weight excluding hydrogens is 466 g/mol. The monoisotopic (exact) mass is 489 g/mol. The van der Waals surface area contributed by atoms with E-state index in [0.717, 1.165) is 29.4 Å². The third-order valence-corrected chi connectivity index (χ3v) is 7.58. The number of carbonyl (C=O) groups is 1. The van der Waals surface area contributed by atoms with Crippen molar-refractivity contribution in [3.63, 3.8) is 0 Å². The highest BCUT2D eigenvalue weighted by Gasteiger charge is 2.29. The number of ether oxygens (including phenoxy) is 1. The smallest absolute Gasteiger partial charge is 0.339 e. The van der Waals surface area contributed by atoms with Crippen LogP contribution in [0.4, 0.5) is 0 Å². The summed E-state index contributed by atoms with van der Waals surface area (Å²) >= 11 is 0. The first-order valence-corrected chi connectivity index (χ1v) is 12.7. The number of carbonyl (C=O) groups excluding carboxylic acids is 1. The molecule has 5 rings (SSSR count). The minimum absolute atomic E-state index is 0.0400. The molecule has 0 saturated carbocycles. The van der Waals surface area contributed by atoms with Crippen LogP contribution in [0.2, 0.25) is 0 Å². The summed E-state index contributed by atoms with van der Waals surface area (Å²) in [5.41, 5.74) is 2.98. The van der Waals surface area contributed by atoms with E-state index >= 15 is 0 Å². The molecule has 0 radical (unpaired) electrons. The minimum atomic E-state index is -4.02. The van der Waals surface area contributed by atoms with Gasteiger partial charge in [-0.25, -0.2) is 18.0 Å². The zero-order valence-corrected chi connectivity index (χ0v) is 19.8. The fourth-order valence-electron chi connectivity index (χ4n) is 4.34. The average molecular weight is 490 g/mol. The molecule has 1 atom stereocenters. The third kappa shape index (κ3) is 4.62. The Labute approximate surface area is 202 Å². The second kappa shape index (κ2) is 9.13. The SMILES string of the molecule is Cc1ccc(S(=O)(=O)N[C@@H](C(=O)Oc2ccc3c4c(c(=O)oc3c2)CCC4)c2ccccc2)cc1. The van der Waals surface area contributed by atoms with Gasteiger partial charge >= 0.3 is 11.6 Å². The molecule has 0 unspecified atom stereocenters. The number of benzene rings is 3. The molecule has 8 heteroatoms. The number of esters is 1. The van der Waals surface area contributed by atoms with Gasteiger partial charge in [0.2, 0.25) is 10.0 Å². The highest BCUT2D eigenvalue weighted by molar-refractivity contribution is 7.89. The number of rotatable bonds is 6. The van der Waals surface area contributed by atoms with E-state index in [1.54, 1.807) is 54.6 Å². The van der Waals surface area contributed by atoms with Crippen LogP contribution < -0.4 is 15.1 Å². The van der Waals surface area contributed by atoms with Gasteiger partial charge in [-0.1, -0.05) is 48.0 Å². The maximum atomic E-state index is 13.2. The normalized spacial score (nSPS) is 14.0. The van der Waals surface area contributed by atoms with Crippen molar-refractivity contribution in [1.29, 1.82) is 0 Å². The lowest BCUT2D eigenvalue weighted by atomic mass is 10.1. The Morgan fingerprint density at radius 2 is 1.69 bits per heavy atom. The van der Waals surface area contributed by atoms with Gasteiger partial charge in [-0.2, -0.15) is 4.72 Å². The highest BCUT2D eigenvalue weighted by atomic mass is 32.2. The van der Waals surface area contributed by atoms with Gasteiger partial charge in [-0.15, -0.1) is 0 Å². The molecule has 7 nitrogen and oxygen atoms in total. The molecule has 1 aromatic heterocycles. The van der Waals surface area contributed by atoms with Gasteiger partial charge < -0.3 is 9.15 Å². The van der Waals surface area contributed by atoms with Crippen molar-refractivity contribution in [3.05, 3.63) is 105 Å². The summed E-state index contributed by atoms with van der Waals surface area (Å²) in [6.45, 7) is 1.86. The first-order chi connectivity index (χ1) is 16.8. The number of hydrogen-bond acceptors (Lipinski definition) is 6. The molecule has 35 heavy (non-hydrogen) atoms. The molecule has 0 bridgehead atoms. The Morgan fingerprint density at radius 1 is 0.971 bits per heavy atom. The molecule has 0 amide bonds. The van der Waals surface area contributed by atoms with E-state index in [1.807, 2.05) is 6.92 Å². The van der Waals surface area contributed by atoms with Gasteiger partial charge in [0.1, 0.15) is 17.4 Å². The minimum Gasteiger partial charge on any atom is -0.425 e. The van der Waals surface area contributed by atoms with E-state index < -0.39 is 22.0 Å². The van der Waals surface area contributed by atoms with Gasteiger partial charge in [0.25, 0.3) is 0 Å². The molecule has 3 aromatic carbocycles. The van der Waals surface area contributed by atoms with E-state index in [4.69, 9.17) is 9.15 Å². The van der Waals surface area contributed by atoms with Crippen molar-refractivity contribution in [2.24, 2.45) is 0 Å². The predicted molar refractivity (Wildman–Crippen MR) is 131 cm³/mol. The second-order valence-corrected chi connectivity index (χ2v) is 10.3. The molecule has 0 saturated heterocycles. The molecule has 1 N–H and O–H groups in total. The Kier molecular flexibility index (Phi) is 6.00. The van der Waals surface area contributed by atoms with Gasteiger partial charge in [-0.3, -0.25) is 0 Å². The number of aryl methyl sites for hydroxylation is 2. The topological polar surface area (TPSA) is 103 Å². The van der Waals surface area contributed by atoms with Crippen LogP contribution in [0.15, 0.2) is 86.9 Å². The zero-order valence-electron chi connectivity index (χ0n) is 19.0. The van der Waals surface area contributed by atoms with Crippen LogP contribution in [0.5, 0.6) is 5.75 Å². The molecule has 1 aliphatic rings. The number of hydrogen-bond donors (Lipinski definition) is 1. The quantitative estimate of drug-likeness (QED) is 0.247. The van der Waals surface area contributed by atoms with Crippen molar-refractivity contribution in [2.75, 3.05) is 0 Å². The first-order valence-electron chi connectivity index (χ1n) is 11.3. The number of sulfonamides is 1. The molecule has 0 fully saturated rings. The lowest BCUT2D eigenvalue weighted by Crippen LogP contribution is -2.36. The number of fused-ring (bicyclic) bond motifs is 3. The van der Waals surface area contributed by atoms with Gasteiger partial charge in [0.15, 0.2) is 0 Å². The largest absolute Gasteiger partial charge is 0.425 e. The van der Waals surface area contributed by atoms with Crippen molar-refractivity contribution >= 4 is 27.0 Å². The lowest BCUT2D eigenvalue weighted by Gasteiger charge is -2.18. The zero-order chi connectivity index (χ0) is 24.6. The summed E-state index contributed by atoms with van der Waals surface area (Å²) in [4.78, 5) is 25.6. The van der Waals surface area contributed by atoms with E-state index in [9.17, 15) is 18.0 Å². The Morgan fingerprint density at radius 3 is 2.43 bits per heavy atom. The van der Waals surface area contributed by atoms with Crippen LogP contribution in [0.25, 0.3) is 11.0 Å². The second-order valence-electron chi connectivity index (χ2n) is 8.56. The Bertz CT molecular complexity index is 1570. The van der Waals surface area contributed by atoms with Crippen LogP contribution in [-0.4, -0.2) is 14.4 Å². The van der Waals surface area contributed by atoms with Crippen LogP contribution in [0, 0.1) is 6.92 Å². The number of nitrogens with one attached hydrogen (secondary N) is 1. The van der Waals surface area contributed by atoms with Crippen molar-refractivity contribution in [2.45, 2.75) is 37.1 Å². The van der Waals surface area contributed by atoms with Crippen molar-refractivity contribution in [1.82, 2.24) is 4.72 Å². The Balaban J connectivity index is 1.46. The van der Waals surface area contributed by atoms with Crippen molar-refractivity contribution in [3.8, 4) is 5.75 Å². The molecular formula is C27H23NO6S. The molecule has 0 aliphatic heterocycles. The average Bonchev–Trinajstić information content (AvgIpc) is 3.34. The van der Waals surface area contributed by atoms with E-state index in [0.29, 0.717) is 23.1 Å². The fourth-order valence-corrected chi connectivity index (χ4v) is 5.51. The predicted octanol–water partition coefficient (Wildman–Crippen LogP) is 4.22. The molecule has 1 heterocycles. The summed E-state index contributed by atoms with van der Waals surface area (Å²) in [6.07, 6.45) is 2.40. The maximum absolute atomic E-state index is 13.2. The van der Waals surface area contributed by atoms with E-state index in [1.165, 1.54) is 18.2 Å². The van der Waals surface area contributed by atoms with E-state index in [-0.39, 0.29) is 16.3 Å². The maximum Gasteiger partial charge on any atom is 0.339 e. The first kappa shape index (κ1) is 23.0. The van der Waals surface area contributed by atoms with Gasteiger partial charge in [0.05, 0.1) is 4.90 Å². The molecule has 178 valence electrons. The summed E-state index contributed by atoms with van der Waals surface area (Å²) in [5, 5.41) is 0.816. The molecule has 1 aliphatic carbocycles. The van der Waals surface area contributed by atoms with Crippen LogP contribution in [-0.2, 0) is 27.7 Å². The summed E-state index contributed by atoms with van der Waals surface area (Å²) < 4.78 is 39.6. The van der Waals surface area contributed by atoms with Crippen LogP contribution in [0.3, 0.4) is 0 Å². The standard InChI is InChI=1S/C27H23NO6S/c1-17-10-13-20(14-11-17)35(31,32)28-25(18-6-3-2-4-7-18)27(30)33-19-12-15-22-21-8-5-9-23(21)26(29)34-24(22)16-19/h2-4,6-7,10-16,25,28H,5,8-9H2,1H3/t25-/m1/s1. The summed E-state index contributed by atoms with van der Waals surface area (Å²) in [6, 6.07) is 18.4. The molecule has 0 spiro atoms. The Hall–Kier alpha value is -3.75. The summed E-state index contributed by atoms with van der Waals surface area (Å²) in [5.74, 6) is -0.659. The van der Waals surface area contributed by atoms with Crippen LogP contribution in [0.1, 0.15) is 34.7 Å². The van der Waals surface area contributed by atoms with Crippen molar-refractivity contribution < 1.29 is 22.4 Å². The molecule has 4 aromatic rings. The highest BCUT2D eigenvalue weighted by Crippen LogP contribution is 2.30. The third-order valence-electron chi connectivity index (χ3n) is 6.14. The van der Waals surface area contributed by atoms with Crippen LogP contribution >= 0.6 is 0 Å². The van der Waals surface area contributed by atoms with E-state index in [2.05, 4.69) is 4.72 Å². The fraction of sp³-hybridized carbons (Fsp3) is 0.185. The van der Waals surface area contributed by atoms with Gasteiger partial charge in [-0.05, 0) is 61.6 Å². The summed E-state index contributed by atoms with van der Waals surface area (Å²) in [7, 11) is -4.02. The lowest BCUT2D eigenvalue weighted by molar-refractivity contribution is -0.136.